The lowest BCUT2D eigenvalue weighted by Crippen LogP contribution is -2.50. The summed E-state index contributed by atoms with van der Waals surface area (Å²) in [6, 6.07) is 12.5. The van der Waals surface area contributed by atoms with E-state index in [0.29, 0.717) is 37.5 Å². The fourth-order valence-corrected chi connectivity index (χ4v) is 3.23. The second-order valence-electron chi connectivity index (χ2n) is 6.80. The van der Waals surface area contributed by atoms with Crippen LogP contribution in [0.1, 0.15) is 16.8 Å². The lowest BCUT2D eigenvalue weighted by atomic mass is 10.1. The Kier molecular flexibility index (Phi) is 6.41. The first-order chi connectivity index (χ1) is 14.4. The summed E-state index contributed by atoms with van der Waals surface area (Å²) in [5, 5.41) is 10.8. The highest BCUT2D eigenvalue weighted by Gasteiger charge is 2.27. The molecule has 0 unspecified atom stereocenters. The van der Waals surface area contributed by atoms with Crippen molar-refractivity contribution in [3.8, 4) is 5.75 Å². The SMILES string of the molecule is COc1ccc(C(=O)CC(=O)C(=O)N2CCN(c3ccc([N+](=O)[O-])cc3)CC2)cc1. The van der Waals surface area contributed by atoms with E-state index in [1.807, 2.05) is 4.90 Å². The zero-order valence-corrected chi connectivity index (χ0v) is 16.4. The third-order valence-corrected chi connectivity index (χ3v) is 4.96. The van der Waals surface area contributed by atoms with Crippen molar-refractivity contribution in [2.45, 2.75) is 6.42 Å². The Morgan fingerprint density at radius 1 is 0.967 bits per heavy atom. The van der Waals surface area contributed by atoms with Gasteiger partial charge >= 0.3 is 0 Å². The molecule has 9 nitrogen and oxygen atoms in total. The van der Waals surface area contributed by atoms with E-state index in [2.05, 4.69) is 0 Å². The number of nitro groups is 1. The van der Waals surface area contributed by atoms with E-state index >= 15 is 0 Å². The van der Waals surface area contributed by atoms with E-state index in [4.69, 9.17) is 4.74 Å². The molecule has 2 aromatic carbocycles. The largest absolute Gasteiger partial charge is 0.497 e. The summed E-state index contributed by atoms with van der Waals surface area (Å²) in [6.07, 6.45) is -0.478. The van der Waals surface area contributed by atoms with E-state index < -0.39 is 28.8 Å². The fourth-order valence-electron chi connectivity index (χ4n) is 3.23. The first-order valence-corrected chi connectivity index (χ1v) is 9.38. The van der Waals surface area contributed by atoms with Crippen LogP contribution >= 0.6 is 0 Å². The van der Waals surface area contributed by atoms with Crippen LogP contribution in [0.2, 0.25) is 0 Å². The molecule has 1 aliphatic rings. The number of piperazine rings is 1. The Morgan fingerprint density at radius 2 is 1.57 bits per heavy atom. The second kappa shape index (κ2) is 9.17. The summed E-state index contributed by atoms with van der Waals surface area (Å²) in [7, 11) is 1.51. The van der Waals surface area contributed by atoms with Crippen LogP contribution in [-0.4, -0.2) is 60.6 Å². The van der Waals surface area contributed by atoms with Crippen molar-refractivity contribution >= 4 is 28.8 Å². The Morgan fingerprint density at radius 3 is 2.10 bits per heavy atom. The van der Waals surface area contributed by atoms with Gasteiger partial charge in [0.1, 0.15) is 5.75 Å². The average molecular weight is 411 g/mol. The van der Waals surface area contributed by atoms with Gasteiger partial charge in [-0.25, -0.2) is 0 Å². The Balaban J connectivity index is 1.53. The highest BCUT2D eigenvalue weighted by molar-refractivity contribution is 6.40. The molecule has 0 atom stereocenters. The molecule has 9 heteroatoms. The molecule has 1 amide bonds. The molecule has 2 aromatic rings. The number of nitro benzene ring substituents is 1. The van der Waals surface area contributed by atoms with Crippen molar-refractivity contribution in [3.63, 3.8) is 0 Å². The Hall–Kier alpha value is -3.75. The number of methoxy groups -OCH3 is 1. The topological polar surface area (TPSA) is 110 Å². The standard InChI is InChI=1S/C21H21N3O6/c1-30-18-8-2-15(3-9-18)19(25)14-20(26)21(27)23-12-10-22(11-13-23)16-4-6-17(7-5-16)24(28)29/h2-9H,10-14H2,1H3. The summed E-state index contributed by atoms with van der Waals surface area (Å²) < 4.78 is 5.03. The van der Waals surface area contributed by atoms with Crippen LogP contribution in [0.4, 0.5) is 11.4 Å². The van der Waals surface area contributed by atoms with E-state index in [0.717, 1.165) is 5.69 Å². The van der Waals surface area contributed by atoms with E-state index in [-0.39, 0.29) is 5.69 Å². The maximum absolute atomic E-state index is 12.4. The van der Waals surface area contributed by atoms with E-state index in [1.165, 1.54) is 24.1 Å². The lowest BCUT2D eigenvalue weighted by Gasteiger charge is -2.35. The second-order valence-corrected chi connectivity index (χ2v) is 6.80. The Labute approximate surface area is 173 Å². The molecule has 156 valence electrons. The van der Waals surface area contributed by atoms with Gasteiger partial charge in [0, 0.05) is 49.6 Å². The molecule has 0 spiro atoms. The molecule has 0 N–H and O–H groups in total. The predicted molar refractivity (Wildman–Crippen MR) is 109 cm³/mol. The molecule has 3 rings (SSSR count). The summed E-state index contributed by atoms with van der Waals surface area (Å²) in [5.41, 5.74) is 1.17. The minimum Gasteiger partial charge on any atom is -0.497 e. The van der Waals surface area contributed by atoms with Crippen LogP contribution in [0, 0.1) is 10.1 Å². The minimum absolute atomic E-state index is 0.0136. The number of amides is 1. The molecule has 1 saturated heterocycles. The number of nitrogens with zero attached hydrogens (tertiary/aromatic N) is 3. The van der Waals surface area contributed by atoms with E-state index in [9.17, 15) is 24.5 Å². The van der Waals surface area contributed by atoms with Gasteiger partial charge in [0.15, 0.2) is 5.78 Å². The zero-order chi connectivity index (χ0) is 21.7. The van der Waals surface area contributed by atoms with Gasteiger partial charge < -0.3 is 14.5 Å². The first kappa shape index (κ1) is 21.0. The number of carbonyl (C=O) groups is 3. The van der Waals surface area contributed by atoms with Gasteiger partial charge in [-0.1, -0.05) is 0 Å². The first-order valence-electron chi connectivity index (χ1n) is 9.38. The molecule has 0 aromatic heterocycles. The molecule has 1 heterocycles. The van der Waals surface area contributed by atoms with Crippen molar-refractivity contribution < 1.29 is 24.0 Å². The van der Waals surface area contributed by atoms with Crippen LogP contribution in [0.3, 0.4) is 0 Å². The maximum Gasteiger partial charge on any atom is 0.290 e. The monoisotopic (exact) mass is 411 g/mol. The number of anilines is 1. The van der Waals surface area contributed by atoms with Crippen LogP contribution < -0.4 is 9.64 Å². The third-order valence-electron chi connectivity index (χ3n) is 4.96. The molecule has 1 fully saturated rings. The van der Waals surface area contributed by atoms with Crippen molar-refractivity contribution in [3.05, 3.63) is 64.2 Å². The van der Waals surface area contributed by atoms with Crippen molar-refractivity contribution in [2.75, 3.05) is 38.2 Å². The number of ether oxygens (including phenoxy) is 1. The average Bonchev–Trinajstić information content (AvgIpc) is 2.78. The molecular formula is C21H21N3O6. The van der Waals surface area contributed by atoms with Crippen LogP contribution in [0.15, 0.2) is 48.5 Å². The fraction of sp³-hybridized carbons (Fsp3) is 0.286. The molecule has 0 radical (unpaired) electrons. The molecule has 0 saturated carbocycles. The molecule has 30 heavy (non-hydrogen) atoms. The van der Waals surface area contributed by atoms with Gasteiger partial charge in [-0.3, -0.25) is 24.5 Å². The number of hydrogen-bond donors (Lipinski definition) is 0. The minimum atomic E-state index is -0.736. The molecular weight excluding hydrogens is 390 g/mol. The number of non-ortho nitro benzene ring substituents is 1. The highest BCUT2D eigenvalue weighted by Crippen LogP contribution is 2.21. The highest BCUT2D eigenvalue weighted by atomic mass is 16.6. The number of carbonyl (C=O) groups excluding carboxylic acids is 3. The molecule has 0 aliphatic carbocycles. The van der Waals surface area contributed by atoms with Crippen molar-refractivity contribution in [2.24, 2.45) is 0 Å². The molecule has 1 aliphatic heterocycles. The van der Waals surface area contributed by atoms with Gasteiger partial charge in [-0.15, -0.1) is 0 Å². The number of ketones is 2. The van der Waals surface area contributed by atoms with Crippen molar-refractivity contribution in [1.82, 2.24) is 4.90 Å². The summed E-state index contributed by atoms with van der Waals surface area (Å²) in [6.45, 7) is 1.64. The van der Waals surface area contributed by atoms with Gasteiger partial charge in [0.05, 0.1) is 18.5 Å². The zero-order valence-electron chi connectivity index (χ0n) is 16.4. The molecule has 0 bridgehead atoms. The summed E-state index contributed by atoms with van der Waals surface area (Å²) >= 11 is 0. The number of Topliss-reactive ketones (excluding diaryl/α,β-unsaturated/α-hetero) is 2. The van der Waals surface area contributed by atoms with Crippen LogP contribution in [0.5, 0.6) is 5.75 Å². The van der Waals surface area contributed by atoms with Gasteiger partial charge in [0.25, 0.3) is 11.6 Å². The van der Waals surface area contributed by atoms with Gasteiger partial charge in [-0.05, 0) is 36.4 Å². The lowest BCUT2D eigenvalue weighted by molar-refractivity contribution is -0.384. The Bertz CT molecular complexity index is 948. The van der Waals surface area contributed by atoms with Gasteiger partial charge in [-0.2, -0.15) is 0 Å². The van der Waals surface area contributed by atoms with Crippen molar-refractivity contribution in [1.29, 1.82) is 0 Å². The smallest absolute Gasteiger partial charge is 0.290 e. The number of rotatable bonds is 7. The number of hydrogen-bond acceptors (Lipinski definition) is 7. The number of benzene rings is 2. The quantitative estimate of drug-likeness (QED) is 0.226. The van der Waals surface area contributed by atoms with E-state index in [1.54, 1.807) is 36.4 Å². The summed E-state index contributed by atoms with van der Waals surface area (Å²) in [4.78, 5) is 50.7. The van der Waals surface area contributed by atoms with Crippen LogP contribution in [0.25, 0.3) is 0 Å². The predicted octanol–water partition coefficient (Wildman–Crippen LogP) is 2.09. The van der Waals surface area contributed by atoms with Gasteiger partial charge in [0.2, 0.25) is 5.78 Å². The van der Waals surface area contributed by atoms with Crippen LogP contribution in [-0.2, 0) is 9.59 Å². The third kappa shape index (κ3) is 4.80. The summed E-state index contributed by atoms with van der Waals surface area (Å²) in [5.74, 6) is -1.22. The normalized spacial score (nSPS) is 13.6. The maximum atomic E-state index is 12.4.